The minimum Gasteiger partial charge on any atom is -0.454 e. The highest BCUT2D eigenvalue weighted by Gasteiger charge is 2.44. The molecule has 1 aromatic carbocycles. The molecule has 1 fully saturated rings. The fourth-order valence-electron chi connectivity index (χ4n) is 2.90. The monoisotopic (exact) mass is 412 g/mol. The molecular weight excluding hydrogens is 392 g/mol. The first-order valence-electron chi connectivity index (χ1n) is 8.46. The van der Waals surface area contributed by atoms with Crippen molar-refractivity contribution in [2.45, 2.75) is 42.5 Å². The average Bonchev–Trinajstić information content (AvgIpc) is 2.65. The quantitative estimate of drug-likeness (QED) is 0.523. The van der Waals surface area contributed by atoms with E-state index in [0.717, 1.165) is 6.42 Å². The van der Waals surface area contributed by atoms with Crippen molar-refractivity contribution in [3.63, 3.8) is 0 Å². The van der Waals surface area contributed by atoms with Crippen LogP contribution in [0, 0.1) is 12.3 Å². The van der Waals surface area contributed by atoms with Crippen LogP contribution in [-0.4, -0.2) is 39.0 Å². The second-order valence-electron chi connectivity index (χ2n) is 6.26. The van der Waals surface area contributed by atoms with Gasteiger partial charge in [-0.2, -0.15) is 4.72 Å². The minimum atomic E-state index is -3.97. The highest BCUT2D eigenvalue weighted by atomic mass is 35.5. The second-order valence-corrected chi connectivity index (χ2v) is 8.38. The van der Waals surface area contributed by atoms with Gasteiger partial charge in [0.2, 0.25) is 10.0 Å². The first-order chi connectivity index (χ1) is 12.8. The van der Waals surface area contributed by atoms with E-state index in [1.54, 1.807) is 0 Å². The summed E-state index contributed by atoms with van der Waals surface area (Å²) in [5.74, 6) is 0.920. The molecule has 146 valence electrons. The van der Waals surface area contributed by atoms with Crippen LogP contribution >= 0.6 is 11.6 Å². The summed E-state index contributed by atoms with van der Waals surface area (Å²) in [6, 6.07) is 5.63. The summed E-state index contributed by atoms with van der Waals surface area (Å²) in [5, 5.41) is 2.78. The Balaban J connectivity index is 2.15. The van der Waals surface area contributed by atoms with Crippen molar-refractivity contribution in [1.29, 1.82) is 0 Å². The van der Waals surface area contributed by atoms with Crippen molar-refractivity contribution < 1.29 is 22.7 Å². The van der Waals surface area contributed by atoms with E-state index in [4.69, 9.17) is 22.8 Å². The van der Waals surface area contributed by atoms with E-state index in [2.05, 4.69) is 16.0 Å². The number of carbonyl (C=O) groups is 2. The number of benzene rings is 1. The van der Waals surface area contributed by atoms with Crippen LogP contribution < -0.4 is 10.0 Å². The smallest absolute Gasteiger partial charge is 0.327 e. The number of halogens is 1. The van der Waals surface area contributed by atoms with Crippen molar-refractivity contribution in [3.8, 4) is 12.3 Å². The molecule has 1 aromatic rings. The first kappa shape index (κ1) is 21.2. The lowest BCUT2D eigenvalue weighted by atomic mass is 9.82. The second kappa shape index (κ2) is 9.22. The number of terminal acetylenes is 1. The van der Waals surface area contributed by atoms with Gasteiger partial charge in [0.05, 0.1) is 11.4 Å². The zero-order chi connectivity index (χ0) is 19.9. The van der Waals surface area contributed by atoms with Crippen LogP contribution in [0.1, 0.15) is 32.1 Å². The molecule has 0 bridgehead atoms. The molecule has 1 aliphatic rings. The molecule has 0 spiro atoms. The lowest BCUT2D eigenvalue weighted by Gasteiger charge is -2.35. The van der Waals surface area contributed by atoms with Gasteiger partial charge >= 0.3 is 5.97 Å². The Hall–Kier alpha value is -2.08. The fourth-order valence-corrected chi connectivity index (χ4v) is 4.44. The standard InChI is InChI=1S/C18H21ClN2O5S/c1-2-12-20-16(22)13-26-17(23)18(10-4-3-5-11-18)21-27(24,25)15-8-6-14(19)7-9-15/h1,6-9,21H,3-5,10-13H2,(H,20,22). The Morgan fingerprint density at radius 2 is 1.81 bits per heavy atom. The Bertz CT molecular complexity index is 824. The number of hydrogen-bond acceptors (Lipinski definition) is 5. The SMILES string of the molecule is C#CCNC(=O)COC(=O)C1(NS(=O)(=O)c2ccc(Cl)cc2)CCCCC1. The number of sulfonamides is 1. The lowest BCUT2D eigenvalue weighted by Crippen LogP contribution is -2.56. The van der Waals surface area contributed by atoms with E-state index in [1.165, 1.54) is 24.3 Å². The Kier molecular flexibility index (Phi) is 7.25. The van der Waals surface area contributed by atoms with Gasteiger partial charge in [-0.1, -0.05) is 36.8 Å². The summed E-state index contributed by atoms with van der Waals surface area (Å²) in [6.45, 7) is -0.504. The van der Waals surface area contributed by atoms with Crippen molar-refractivity contribution in [1.82, 2.24) is 10.0 Å². The maximum absolute atomic E-state index is 12.7. The molecule has 0 aliphatic heterocycles. The first-order valence-corrected chi connectivity index (χ1v) is 10.3. The van der Waals surface area contributed by atoms with Gasteiger partial charge in [0, 0.05) is 5.02 Å². The normalized spacial score (nSPS) is 16.1. The fraction of sp³-hybridized carbons (Fsp3) is 0.444. The van der Waals surface area contributed by atoms with Crippen LogP contribution in [0.15, 0.2) is 29.2 Å². The van der Waals surface area contributed by atoms with Crippen molar-refractivity contribution in [3.05, 3.63) is 29.3 Å². The third-order valence-electron chi connectivity index (χ3n) is 4.27. The molecule has 0 heterocycles. The van der Waals surface area contributed by atoms with E-state index < -0.39 is 34.0 Å². The minimum absolute atomic E-state index is 0.00332. The highest BCUT2D eigenvalue weighted by Crippen LogP contribution is 2.31. The number of esters is 1. The Labute approximate surface area is 163 Å². The molecule has 0 aromatic heterocycles. The summed E-state index contributed by atoms with van der Waals surface area (Å²) >= 11 is 5.80. The predicted molar refractivity (Wildman–Crippen MR) is 100 cm³/mol. The van der Waals surface area contributed by atoms with Gasteiger partial charge in [-0.3, -0.25) is 9.59 Å². The molecule has 0 saturated heterocycles. The average molecular weight is 413 g/mol. The van der Waals surface area contributed by atoms with Gasteiger partial charge in [0.25, 0.3) is 5.91 Å². The van der Waals surface area contributed by atoms with Gasteiger partial charge in [-0.05, 0) is 37.1 Å². The molecule has 0 radical (unpaired) electrons. The van der Waals surface area contributed by atoms with Crippen LogP contribution in [0.4, 0.5) is 0 Å². The van der Waals surface area contributed by atoms with E-state index in [9.17, 15) is 18.0 Å². The van der Waals surface area contributed by atoms with Gasteiger partial charge in [0.15, 0.2) is 6.61 Å². The number of nitrogens with one attached hydrogen (secondary N) is 2. The maximum Gasteiger partial charge on any atom is 0.327 e. The van der Waals surface area contributed by atoms with Crippen LogP contribution in [0.3, 0.4) is 0 Å². The molecule has 2 N–H and O–H groups in total. The molecule has 1 saturated carbocycles. The number of hydrogen-bond donors (Lipinski definition) is 2. The van der Waals surface area contributed by atoms with E-state index in [0.29, 0.717) is 30.7 Å². The molecule has 9 heteroatoms. The molecule has 27 heavy (non-hydrogen) atoms. The largest absolute Gasteiger partial charge is 0.454 e. The zero-order valence-corrected chi connectivity index (χ0v) is 16.2. The van der Waals surface area contributed by atoms with E-state index in [-0.39, 0.29) is 11.4 Å². The molecule has 7 nitrogen and oxygen atoms in total. The maximum atomic E-state index is 12.7. The van der Waals surface area contributed by atoms with Crippen molar-refractivity contribution >= 4 is 33.5 Å². The molecule has 0 unspecified atom stereocenters. The number of rotatable bonds is 7. The summed E-state index contributed by atoms with van der Waals surface area (Å²) in [7, 11) is -3.97. The van der Waals surface area contributed by atoms with Crippen LogP contribution in [-0.2, 0) is 24.3 Å². The number of amides is 1. The number of carbonyl (C=O) groups excluding carboxylic acids is 2. The van der Waals surface area contributed by atoms with Gasteiger partial charge < -0.3 is 10.1 Å². The third-order valence-corrected chi connectivity index (χ3v) is 6.08. The lowest BCUT2D eigenvalue weighted by molar-refractivity contribution is -0.155. The number of ether oxygens (including phenoxy) is 1. The van der Waals surface area contributed by atoms with Crippen molar-refractivity contribution in [2.75, 3.05) is 13.2 Å². The summed E-state index contributed by atoms with van der Waals surface area (Å²) in [5.41, 5.74) is -1.40. The van der Waals surface area contributed by atoms with Crippen molar-refractivity contribution in [2.24, 2.45) is 0 Å². The van der Waals surface area contributed by atoms with E-state index in [1.807, 2.05) is 0 Å². The highest BCUT2D eigenvalue weighted by molar-refractivity contribution is 7.89. The van der Waals surface area contributed by atoms with Gasteiger partial charge in [-0.15, -0.1) is 6.42 Å². The van der Waals surface area contributed by atoms with Crippen LogP contribution in [0.2, 0.25) is 5.02 Å². The van der Waals surface area contributed by atoms with Crippen LogP contribution in [0.5, 0.6) is 0 Å². The Morgan fingerprint density at radius 3 is 2.41 bits per heavy atom. The zero-order valence-electron chi connectivity index (χ0n) is 14.7. The predicted octanol–water partition coefficient (Wildman–Crippen LogP) is 1.61. The van der Waals surface area contributed by atoms with E-state index >= 15 is 0 Å². The molecular formula is C18H21ClN2O5S. The summed E-state index contributed by atoms with van der Waals surface area (Å²) < 4.78 is 33.1. The summed E-state index contributed by atoms with van der Waals surface area (Å²) in [6.07, 6.45) is 7.87. The molecule has 0 atom stereocenters. The Morgan fingerprint density at radius 1 is 1.19 bits per heavy atom. The molecule has 2 rings (SSSR count). The van der Waals surface area contributed by atoms with Crippen LogP contribution in [0.25, 0.3) is 0 Å². The molecule has 1 amide bonds. The third kappa shape index (κ3) is 5.70. The van der Waals surface area contributed by atoms with Gasteiger partial charge in [0.1, 0.15) is 5.54 Å². The van der Waals surface area contributed by atoms with Gasteiger partial charge in [-0.25, -0.2) is 8.42 Å². The molecule has 1 aliphatic carbocycles. The topological polar surface area (TPSA) is 102 Å². The summed E-state index contributed by atoms with van der Waals surface area (Å²) in [4.78, 5) is 24.3.